The van der Waals surface area contributed by atoms with Gasteiger partial charge in [0.1, 0.15) is 5.82 Å². The molecule has 0 atom stereocenters. The monoisotopic (exact) mass is 613 g/mol. The first kappa shape index (κ1) is 17.1. The Hall–Kier alpha value is -5.99. The Kier molecular flexibility index (Phi) is 4.04. The molecule has 2 heteroatoms. The number of fused-ring (bicyclic) bond motifs is 4. The third-order valence-corrected chi connectivity index (χ3v) is 8.70. The summed E-state index contributed by atoms with van der Waals surface area (Å²) >= 11 is 0. The van der Waals surface area contributed by atoms with Crippen molar-refractivity contribution >= 4 is 43.4 Å². The van der Waals surface area contributed by atoms with Gasteiger partial charge < -0.3 is 0 Å². The van der Waals surface area contributed by atoms with Crippen LogP contribution in [0.3, 0.4) is 0 Å². The molecule has 0 radical (unpaired) electrons. The number of hydrogen-bond acceptors (Lipinski definition) is 1. The largest absolute Gasteiger partial charge is 0.296 e. The van der Waals surface area contributed by atoms with Crippen molar-refractivity contribution in [3.63, 3.8) is 0 Å². The van der Waals surface area contributed by atoms with Gasteiger partial charge in [-0.3, -0.25) is 4.57 Å². The summed E-state index contributed by atoms with van der Waals surface area (Å²) in [5, 5.41) is 1.71. The van der Waals surface area contributed by atoms with Gasteiger partial charge in [-0.15, -0.1) is 0 Å². The zero-order valence-electron chi connectivity index (χ0n) is 37.9. The van der Waals surface area contributed by atoms with Crippen molar-refractivity contribution in [1.29, 1.82) is 0 Å². The van der Waals surface area contributed by atoms with E-state index in [1.165, 1.54) is 4.57 Å². The molecule has 0 aliphatic heterocycles. The van der Waals surface area contributed by atoms with Crippen LogP contribution in [0.1, 0.15) is 30.5 Å². The van der Waals surface area contributed by atoms with Gasteiger partial charge in [0.15, 0.2) is 0 Å². The van der Waals surface area contributed by atoms with Gasteiger partial charge in [0, 0.05) is 18.9 Å². The van der Waals surface area contributed by atoms with Crippen molar-refractivity contribution in [1.82, 2.24) is 9.55 Å². The molecule has 0 amide bonds. The second kappa shape index (κ2) is 11.1. The highest BCUT2D eigenvalue weighted by atomic mass is 15.1. The van der Waals surface area contributed by atoms with E-state index >= 15 is 0 Å². The molecule has 0 saturated heterocycles. The SMILES string of the molecule is [2H]c1c([2H])c([2H])c2c(-c3ccc4cc(-n5c(C([2H])([2H])C([2H])([2H])[2H])nc6ccccc65)ccc4c3)c3c([2H])c([2H])c([2H])c([2H])c3c(-c3ccc(-c4ccccc4)cc3)c2c1[2H]. The molecule has 222 valence electrons. The highest BCUT2D eigenvalue weighted by molar-refractivity contribution is 6.21. The smallest absolute Gasteiger partial charge is 0.114 e. The first-order chi connectivity index (χ1) is 28.5. The molecule has 2 nitrogen and oxygen atoms in total. The van der Waals surface area contributed by atoms with Crippen LogP contribution in [0.5, 0.6) is 0 Å². The molecule has 0 unspecified atom stereocenters. The van der Waals surface area contributed by atoms with Crippen LogP contribution in [0.25, 0.3) is 82.4 Å². The Morgan fingerprint density at radius 1 is 0.574 bits per heavy atom. The number of benzene rings is 8. The summed E-state index contributed by atoms with van der Waals surface area (Å²) in [6.45, 7) is -3.02. The summed E-state index contributed by atoms with van der Waals surface area (Å²) in [6, 6.07) is 31.0. The average Bonchev–Trinajstić information content (AvgIpc) is 3.65. The fourth-order valence-electron chi connectivity index (χ4n) is 6.56. The summed E-state index contributed by atoms with van der Waals surface area (Å²) in [6.07, 6.45) is -2.80. The van der Waals surface area contributed by atoms with E-state index in [4.69, 9.17) is 12.3 Å². The van der Waals surface area contributed by atoms with E-state index in [2.05, 4.69) is 4.98 Å². The maximum Gasteiger partial charge on any atom is 0.114 e. The van der Waals surface area contributed by atoms with Crippen molar-refractivity contribution in [2.24, 2.45) is 0 Å². The summed E-state index contributed by atoms with van der Waals surface area (Å²) in [4.78, 5) is 4.43. The maximum atomic E-state index is 9.31. The second-order valence-corrected chi connectivity index (χ2v) is 11.3. The minimum absolute atomic E-state index is 0.0954. The quantitative estimate of drug-likeness (QED) is 0.177. The molecule has 0 fully saturated rings. The Morgan fingerprint density at radius 2 is 1.13 bits per heavy atom. The third-order valence-electron chi connectivity index (χ3n) is 8.70. The molecule has 1 heterocycles. The number of rotatable bonds is 5. The lowest BCUT2D eigenvalue weighted by atomic mass is 9.85. The van der Waals surface area contributed by atoms with E-state index in [0.717, 1.165) is 11.1 Å². The number of aryl methyl sites for hydroxylation is 1. The fraction of sp³-hybridized carbons (Fsp3) is 0.0444. The summed E-state index contributed by atoms with van der Waals surface area (Å²) in [5.74, 6) is -0.282. The molecule has 0 saturated carbocycles. The Labute approximate surface area is 292 Å². The lowest BCUT2D eigenvalue weighted by molar-refractivity contribution is 0.909. The predicted molar refractivity (Wildman–Crippen MR) is 199 cm³/mol. The number of para-hydroxylation sites is 2. The van der Waals surface area contributed by atoms with E-state index in [9.17, 15) is 5.48 Å². The lowest BCUT2D eigenvalue weighted by Crippen LogP contribution is -2.00. The average molecular weight is 614 g/mol. The zero-order chi connectivity index (χ0) is 42.6. The van der Waals surface area contributed by atoms with Gasteiger partial charge in [0.05, 0.1) is 22.0 Å². The second-order valence-electron chi connectivity index (χ2n) is 11.3. The summed E-state index contributed by atoms with van der Waals surface area (Å²) < 4.78 is 115. The molecule has 9 rings (SSSR count). The van der Waals surface area contributed by atoms with Crippen LogP contribution in [-0.2, 0) is 6.37 Å². The number of nitrogens with zero attached hydrogens (tertiary/aromatic N) is 2. The van der Waals surface area contributed by atoms with Crippen LogP contribution in [-0.4, -0.2) is 9.55 Å². The molecule has 0 N–H and O–H groups in total. The normalized spacial score (nSPS) is 16.1. The molecule has 8 aromatic carbocycles. The van der Waals surface area contributed by atoms with Crippen LogP contribution in [0.2, 0.25) is 0 Å². The van der Waals surface area contributed by atoms with Crippen molar-refractivity contribution < 1.29 is 17.8 Å². The van der Waals surface area contributed by atoms with Crippen molar-refractivity contribution in [2.45, 2.75) is 13.2 Å². The molecule has 9 aromatic rings. The molecular formula is C45H32N2. The number of aromatic nitrogens is 2. The van der Waals surface area contributed by atoms with Gasteiger partial charge in [0.25, 0.3) is 0 Å². The van der Waals surface area contributed by atoms with Crippen LogP contribution < -0.4 is 0 Å². The number of imidazole rings is 1. The van der Waals surface area contributed by atoms with Crippen molar-refractivity contribution in [2.75, 3.05) is 0 Å². The summed E-state index contributed by atoms with van der Waals surface area (Å²) in [5.41, 5.74) is 4.63. The fourth-order valence-corrected chi connectivity index (χ4v) is 6.56. The molecule has 0 spiro atoms. The van der Waals surface area contributed by atoms with Crippen LogP contribution in [0, 0.1) is 0 Å². The molecule has 47 heavy (non-hydrogen) atoms. The van der Waals surface area contributed by atoms with E-state index in [-0.39, 0.29) is 62.7 Å². The Bertz CT molecular complexity index is 3170. The van der Waals surface area contributed by atoms with Gasteiger partial charge in [0.2, 0.25) is 0 Å². The molecule has 0 aliphatic carbocycles. The molecular weight excluding hydrogens is 569 g/mol. The minimum Gasteiger partial charge on any atom is -0.296 e. The van der Waals surface area contributed by atoms with E-state index in [1.54, 1.807) is 72.8 Å². The van der Waals surface area contributed by atoms with Crippen LogP contribution >= 0.6 is 0 Å². The Balaban J connectivity index is 1.33. The van der Waals surface area contributed by atoms with Gasteiger partial charge in [-0.1, -0.05) is 140 Å². The highest BCUT2D eigenvalue weighted by Crippen LogP contribution is 2.44. The van der Waals surface area contributed by atoms with Gasteiger partial charge in [-0.2, -0.15) is 0 Å². The van der Waals surface area contributed by atoms with Crippen molar-refractivity contribution in [3.05, 3.63) is 169 Å². The van der Waals surface area contributed by atoms with Crippen molar-refractivity contribution in [3.8, 4) is 39.1 Å². The number of hydrogen-bond donors (Lipinski definition) is 0. The topological polar surface area (TPSA) is 17.8 Å². The van der Waals surface area contributed by atoms with E-state index in [0.29, 0.717) is 38.6 Å². The predicted octanol–water partition coefficient (Wildman–Crippen LogP) is 12.0. The van der Waals surface area contributed by atoms with Crippen LogP contribution in [0.4, 0.5) is 0 Å². The first-order valence-electron chi connectivity index (χ1n) is 21.7. The van der Waals surface area contributed by atoms with E-state index in [1.807, 2.05) is 42.5 Å². The third kappa shape index (κ3) is 4.53. The van der Waals surface area contributed by atoms with Crippen LogP contribution in [0.15, 0.2) is 164 Å². The molecule has 1 aromatic heterocycles. The van der Waals surface area contributed by atoms with Gasteiger partial charge >= 0.3 is 0 Å². The maximum absolute atomic E-state index is 9.31. The standard InChI is InChI=1S/C45H32N2/c1-2-43-46-41-18-10-11-19-42(41)47(43)36-27-26-33-28-35(25-24-34(33)29-36)45-39-16-8-6-14-37(39)44(38-15-7-9-17-40(38)45)32-22-20-31(21-23-32)30-12-4-3-5-13-30/h3-29H,2H2,1H3/i1D3,2D2,6D,7D,8D,9D,14D,15D,16D,17D. The summed E-state index contributed by atoms with van der Waals surface area (Å²) in [7, 11) is 0. The lowest BCUT2D eigenvalue weighted by Gasteiger charge is -2.18. The van der Waals surface area contributed by atoms with E-state index < -0.39 is 37.4 Å². The van der Waals surface area contributed by atoms with Gasteiger partial charge in [-0.25, -0.2) is 4.98 Å². The highest BCUT2D eigenvalue weighted by Gasteiger charge is 2.17. The minimum atomic E-state index is -3.02. The molecule has 0 bridgehead atoms. The molecule has 0 aliphatic rings. The Morgan fingerprint density at radius 3 is 1.83 bits per heavy atom. The zero-order valence-corrected chi connectivity index (χ0v) is 24.9. The van der Waals surface area contributed by atoms with Gasteiger partial charge in [-0.05, 0) is 96.0 Å². The first-order valence-corrected chi connectivity index (χ1v) is 15.2.